The van der Waals surface area contributed by atoms with E-state index in [9.17, 15) is 8.42 Å². The van der Waals surface area contributed by atoms with E-state index in [-0.39, 0.29) is 11.0 Å². The quantitative estimate of drug-likeness (QED) is 0.761. The van der Waals surface area contributed by atoms with Gasteiger partial charge in [0.25, 0.3) is 0 Å². The van der Waals surface area contributed by atoms with Crippen LogP contribution in [0.1, 0.15) is 58.3 Å². The van der Waals surface area contributed by atoms with Crippen LogP contribution >= 0.6 is 12.2 Å². The lowest BCUT2D eigenvalue weighted by Gasteiger charge is -2.23. The number of hydrogen-bond acceptors (Lipinski definition) is 3. The predicted molar refractivity (Wildman–Crippen MR) is 79.0 cm³/mol. The van der Waals surface area contributed by atoms with Gasteiger partial charge in [0.1, 0.15) is 5.25 Å². The van der Waals surface area contributed by atoms with Gasteiger partial charge in [0.2, 0.25) is 10.0 Å². The molecule has 3 N–H and O–H groups in total. The molecule has 1 atom stereocenters. The minimum Gasteiger partial charge on any atom is -0.392 e. The molecule has 6 heteroatoms. The zero-order valence-corrected chi connectivity index (χ0v) is 12.7. The fourth-order valence-electron chi connectivity index (χ4n) is 2.46. The highest BCUT2D eigenvalue weighted by Gasteiger charge is 2.28. The Kier molecular flexibility index (Phi) is 6.52. The standard InChI is InChI=1S/C12H24N2O2S2/c1-2-11(12(13)17)18(15,16)14-10-8-6-4-3-5-7-9-10/h10-11,14H,2-9H2,1H3,(H2,13,17). The molecule has 1 aliphatic rings. The minimum absolute atomic E-state index is 0.0544. The van der Waals surface area contributed by atoms with Gasteiger partial charge in [-0.1, -0.05) is 51.2 Å². The molecule has 4 nitrogen and oxygen atoms in total. The first kappa shape index (κ1) is 15.9. The Bertz CT molecular complexity index is 360. The van der Waals surface area contributed by atoms with Crippen molar-refractivity contribution in [3.05, 3.63) is 0 Å². The molecule has 1 unspecified atom stereocenters. The molecule has 0 aromatic heterocycles. The molecule has 0 bridgehead atoms. The monoisotopic (exact) mass is 292 g/mol. The summed E-state index contributed by atoms with van der Waals surface area (Å²) in [5.74, 6) is 0. The lowest BCUT2D eigenvalue weighted by molar-refractivity contribution is 0.425. The van der Waals surface area contributed by atoms with Crippen molar-refractivity contribution in [1.29, 1.82) is 0 Å². The van der Waals surface area contributed by atoms with Crippen molar-refractivity contribution in [2.45, 2.75) is 69.6 Å². The molecular weight excluding hydrogens is 268 g/mol. The summed E-state index contributed by atoms with van der Waals surface area (Å²) >= 11 is 4.84. The minimum atomic E-state index is -3.42. The van der Waals surface area contributed by atoms with Crippen LogP contribution in [0.2, 0.25) is 0 Å². The summed E-state index contributed by atoms with van der Waals surface area (Å²) in [5.41, 5.74) is 5.51. The Hall–Kier alpha value is -0.200. The van der Waals surface area contributed by atoms with Gasteiger partial charge in [-0.05, 0) is 19.3 Å². The second kappa shape index (κ2) is 7.40. The summed E-state index contributed by atoms with van der Waals surface area (Å²) in [6, 6.07) is 0.0544. The van der Waals surface area contributed by atoms with Crippen LogP contribution in [0.25, 0.3) is 0 Å². The molecule has 0 heterocycles. The highest BCUT2D eigenvalue weighted by atomic mass is 32.2. The van der Waals surface area contributed by atoms with Gasteiger partial charge in [-0.25, -0.2) is 13.1 Å². The average Bonchev–Trinajstić information content (AvgIpc) is 2.21. The summed E-state index contributed by atoms with van der Waals surface area (Å²) in [5, 5.41) is -0.738. The third-order valence-electron chi connectivity index (χ3n) is 3.50. The van der Waals surface area contributed by atoms with Gasteiger partial charge in [0, 0.05) is 6.04 Å². The van der Waals surface area contributed by atoms with E-state index in [4.69, 9.17) is 18.0 Å². The van der Waals surface area contributed by atoms with Gasteiger partial charge in [0.05, 0.1) is 4.99 Å². The van der Waals surface area contributed by atoms with E-state index in [0.717, 1.165) is 25.7 Å². The number of sulfonamides is 1. The summed E-state index contributed by atoms with van der Waals surface area (Å²) in [7, 11) is -3.42. The molecule has 0 spiro atoms. The van der Waals surface area contributed by atoms with E-state index in [1.165, 1.54) is 19.3 Å². The lowest BCUT2D eigenvalue weighted by atomic mass is 9.97. The van der Waals surface area contributed by atoms with Crippen molar-refractivity contribution in [2.24, 2.45) is 5.73 Å². The van der Waals surface area contributed by atoms with Gasteiger partial charge in [-0.15, -0.1) is 0 Å². The maximum atomic E-state index is 12.2. The van der Waals surface area contributed by atoms with Crippen molar-refractivity contribution in [3.63, 3.8) is 0 Å². The number of thiocarbonyl (C=S) groups is 1. The van der Waals surface area contributed by atoms with Crippen LogP contribution in [-0.2, 0) is 10.0 Å². The summed E-state index contributed by atoms with van der Waals surface area (Å²) in [6.07, 6.45) is 8.13. The first-order valence-corrected chi connectivity index (χ1v) is 8.73. The normalized spacial score (nSPS) is 20.9. The molecular formula is C12H24N2O2S2. The molecule has 1 aliphatic carbocycles. The fourth-order valence-corrected chi connectivity index (χ4v) is 4.62. The van der Waals surface area contributed by atoms with Crippen molar-refractivity contribution in [1.82, 2.24) is 4.72 Å². The van der Waals surface area contributed by atoms with E-state index in [0.29, 0.717) is 6.42 Å². The highest BCUT2D eigenvalue weighted by molar-refractivity contribution is 7.93. The Morgan fingerprint density at radius 1 is 1.28 bits per heavy atom. The van der Waals surface area contributed by atoms with E-state index in [1.807, 2.05) is 0 Å². The van der Waals surface area contributed by atoms with Crippen LogP contribution in [0.3, 0.4) is 0 Å². The third-order valence-corrected chi connectivity index (χ3v) is 5.93. The maximum Gasteiger partial charge on any atom is 0.221 e. The summed E-state index contributed by atoms with van der Waals surface area (Å²) < 4.78 is 27.2. The SMILES string of the molecule is CCC(C(N)=S)S(=O)(=O)NC1CCCCCCC1. The average molecular weight is 292 g/mol. The van der Waals surface area contributed by atoms with Crippen LogP contribution in [0.4, 0.5) is 0 Å². The van der Waals surface area contributed by atoms with Crippen molar-refractivity contribution >= 4 is 27.2 Å². The number of nitrogens with one attached hydrogen (secondary N) is 1. The first-order valence-electron chi connectivity index (χ1n) is 6.78. The van der Waals surface area contributed by atoms with Crippen LogP contribution in [-0.4, -0.2) is 24.7 Å². The number of hydrogen-bond donors (Lipinski definition) is 2. The van der Waals surface area contributed by atoms with Crippen molar-refractivity contribution in [2.75, 3.05) is 0 Å². The Morgan fingerprint density at radius 3 is 2.22 bits per heavy atom. The van der Waals surface area contributed by atoms with Crippen LogP contribution < -0.4 is 10.5 Å². The van der Waals surface area contributed by atoms with E-state index < -0.39 is 15.3 Å². The largest absolute Gasteiger partial charge is 0.392 e. The molecule has 0 amide bonds. The topological polar surface area (TPSA) is 72.2 Å². The van der Waals surface area contributed by atoms with Gasteiger partial charge >= 0.3 is 0 Å². The lowest BCUT2D eigenvalue weighted by Crippen LogP contribution is -2.45. The molecule has 0 aromatic rings. The molecule has 1 rings (SSSR count). The number of rotatable bonds is 5. The molecule has 0 aliphatic heterocycles. The molecule has 18 heavy (non-hydrogen) atoms. The summed E-state index contributed by atoms with van der Waals surface area (Å²) in [4.78, 5) is 0.0656. The smallest absolute Gasteiger partial charge is 0.221 e. The van der Waals surface area contributed by atoms with Crippen LogP contribution in [0, 0.1) is 0 Å². The predicted octanol–water partition coefficient (Wildman–Crippen LogP) is 2.08. The van der Waals surface area contributed by atoms with Crippen LogP contribution in [0.15, 0.2) is 0 Å². The van der Waals surface area contributed by atoms with Gasteiger partial charge in [-0.2, -0.15) is 0 Å². The molecule has 106 valence electrons. The molecule has 1 fully saturated rings. The van der Waals surface area contributed by atoms with E-state index >= 15 is 0 Å². The third kappa shape index (κ3) is 4.82. The second-order valence-corrected chi connectivity index (χ2v) is 7.37. The van der Waals surface area contributed by atoms with Crippen LogP contribution in [0.5, 0.6) is 0 Å². The zero-order valence-electron chi connectivity index (χ0n) is 11.0. The van der Waals surface area contributed by atoms with Crippen molar-refractivity contribution < 1.29 is 8.42 Å². The summed E-state index contributed by atoms with van der Waals surface area (Å²) in [6.45, 7) is 1.79. The Labute approximate surface area is 116 Å². The van der Waals surface area contributed by atoms with E-state index in [2.05, 4.69) is 4.72 Å². The van der Waals surface area contributed by atoms with Crippen molar-refractivity contribution in [3.8, 4) is 0 Å². The van der Waals surface area contributed by atoms with Gasteiger partial charge in [-0.3, -0.25) is 0 Å². The Morgan fingerprint density at radius 2 is 1.78 bits per heavy atom. The highest BCUT2D eigenvalue weighted by Crippen LogP contribution is 2.18. The molecule has 0 radical (unpaired) electrons. The van der Waals surface area contributed by atoms with Gasteiger partial charge in [0.15, 0.2) is 0 Å². The first-order chi connectivity index (χ1) is 8.47. The second-order valence-electron chi connectivity index (χ2n) is 5.00. The van der Waals surface area contributed by atoms with E-state index in [1.54, 1.807) is 6.92 Å². The fraction of sp³-hybridized carbons (Fsp3) is 0.917. The molecule has 0 saturated heterocycles. The zero-order chi connectivity index (χ0) is 13.6. The Balaban J connectivity index is 2.65. The molecule has 1 saturated carbocycles. The number of nitrogens with two attached hydrogens (primary N) is 1. The van der Waals surface area contributed by atoms with Gasteiger partial charge < -0.3 is 5.73 Å². The molecule has 0 aromatic carbocycles. The maximum absolute atomic E-state index is 12.2.